The molecule has 0 amide bonds. The van der Waals surface area contributed by atoms with Crippen molar-refractivity contribution >= 4 is 11.3 Å². The number of hydrogen-bond acceptors (Lipinski definition) is 3. The van der Waals surface area contributed by atoms with Crippen LogP contribution in [0.2, 0.25) is 0 Å². The first-order valence-corrected chi connectivity index (χ1v) is 8.02. The molecule has 1 aromatic rings. The van der Waals surface area contributed by atoms with Crippen molar-refractivity contribution in [1.29, 1.82) is 0 Å². The molecule has 2 rings (SSSR count). The summed E-state index contributed by atoms with van der Waals surface area (Å²) in [5, 5.41) is 2.16. The molecule has 2 unspecified atom stereocenters. The molecule has 3 heteroatoms. The predicted molar refractivity (Wildman–Crippen MR) is 80.1 cm³/mol. The van der Waals surface area contributed by atoms with E-state index in [1.54, 1.807) is 0 Å². The third kappa shape index (κ3) is 2.95. The second-order valence-corrected chi connectivity index (χ2v) is 6.73. The minimum atomic E-state index is 0.276. The van der Waals surface area contributed by atoms with E-state index in [0.29, 0.717) is 0 Å². The molecule has 102 valence electrons. The number of likely N-dealkylation sites (N-methyl/N-ethyl adjacent to an activating group) is 1. The van der Waals surface area contributed by atoms with Crippen LogP contribution in [0.3, 0.4) is 0 Å². The van der Waals surface area contributed by atoms with Gasteiger partial charge in [-0.2, -0.15) is 0 Å². The minimum Gasteiger partial charge on any atom is -0.329 e. The first-order chi connectivity index (χ1) is 8.70. The molecule has 0 spiro atoms. The fourth-order valence-electron chi connectivity index (χ4n) is 3.22. The maximum absolute atomic E-state index is 6.10. The van der Waals surface area contributed by atoms with Gasteiger partial charge < -0.3 is 5.73 Å². The first-order valence-electron chi connectivity index (χ1n) is 7.14. The summed E-state index contributed by atoms with van der Waals surface area (Å²) < 4.78 is 0. The number of thiophene rings is 1. The van der Waals surface area contributed by atoms with Gasteiger partial charge in [-0.05, 0) is 50.1 Å². The van der Waals surface area contributed by atoms with E-state index in [4.69, 9.17) is 5.73 Å². The predicted octanol–water partition coefficient (Wildman–Crippen LogP) is 3.13. The van der Waals surface area contributed by atoms with Crippen molar-refractivity contribution in [3.05, 3.63) is 22.4 Å². The average molecular weight is 266 g/mol. The summed E-state index contributed by atoms with van der Waals surface area (Å²) in [4.78, 5) is 4.02. The summed E-state index contributed by atoms with van der Waals surface area (Å²) in [5.41, 5.74) is 6.37. The highest BCUT2D eigenvalue weighted by Crippen LogP contribution is 2.39. The Morgan fingerprint density at radius 1 is 1.56 bits per heavy atom. The van der Waals surface area contributed by atoms with Crippen molar-refractivity contribution in [2.45, 2.75) is 44.6 Å². The van der Waals surface area contributed by atoms with Crippen molar-refractivity contribution in [3.8, 4) is 0 Å². The summed E-state index contributed by atoms with van der Waals surface area (Å²) in [6.07, 6.45) is 6.40. The van der Waals surface area contributed by atoms with Crippen LogP contribution in [0.1, 0.15) is 37.5 Å². The summed E-state index contributed by atoms with van der Waals surface area (Å²) >= 11 is 1.86. The lowest BCUT2D eigenvalue weighted by Gasteiger charge is -2.38. The van der Waals surface area contributed by atoms with Crippen LogP contribution in [0.5, 0.6) is 0 Å². The Balaban J connectivity index is 1.91. The Kier molecular flexibility index (Phi) is 4.82. The number of nitrogens with two attached hydrogens (primary N) is 1. The lowest BCUT2D eigenvalue weighted by Crippen LogP contribution is -2.51. The molecule has 2 atom stereocenters. The molecule has 0 aromatic carbocycles. The van der Waals surface area contributed by atoms with Gasteiger partial charge in [0.1, 0.15) is 0 Å². The highest BCUT2D eigenvalue weighted by molar-refractivity contribution is 7.09. The standard InChI is InChI=1S/C15H26N2S/c1-3-13-6-8-15(11-13,12-16)17(2)9-7-14-5-4-10-18-14/h4-5,10,13H,3,6-9,11-12,16H2,1-2H3. The van der Waals surface area contributed by atoms with E-state index in [0.717, 1.165) is 25.4 Å². The van der Waals surface area contributed by atoms with Crippen molar-refractivity contribution < 1.29 is 0 Å². The monoisotopic (exact) mass is 266 g/mol. The first kappa shape index (κ1) is 14.0. The summed E-state index contributed by atoms with van der Waals surface area (Å²) in [5.74, 6) is 0.887. The zero-order valence-electron chi connectivity index (χ0n) is 11.7. The van der Waals surface area contributed by atoms with E-state index in [-0.39, 0.29) is 5.54 Å². The van der Waals surface area contributed by atoms with Gasteiger partial charge in [-0.1, -0.05) is 19.4 Å². The van der Waals surface area contributed by atoms with E-state index < -0.39 is 0 Å². The van der Waals surface area contributed by atoms with E-state index >= 15 is 0 Å². The smallest absolute Gasteiger partial charge is 0.0331 e. The molecule has 1 aliphatic rings. The highest BCUT2D eigenvalue weighted by atomic mass is 32.1. The van der Waals surface area contributed by atoms with E-state index in [2.05, 4.69) is 36.4 Å². The molecule has 0 bridgehead atoms. The molecule has 0 radical (unpaired) electrons. The zero-order chi connectivity index (χ0) is 13.0. The number of hydrogen-bond donors (Lipinski definition) is 1. The van der Waals surface area contributed by atoms with Gasteiger partial charge in [-0.15, -0.1) is 11.3 Å². The molecular formula is C15H26N2S. The molecule has 2 N–H and O–H groups in total. The molecule has 1 saturated carbocycles. The van der Waals surface area contributed by atoms with Gasteiger partial charge >= 0.3 is 0 Å². The molecule has 1 aliphatic carbocycles. The van der Waals surface area contributed by atoms with Gasteiger partial charge in [0.2, 0.25) is 0 Å². The Hall–Kier alpha value is -0.380. The van der Waals surface area contributed by atoms with Gasteiger partial charge in [0.05, 0.1) is 0 Å². The Bertz CT molecular complexity index is 349. The second kappa shape index (κ2) is 6.18. The average Bonchev–Trinajstić information content (AvgIpc) is 3.05. The molecule has 1 aromatic heterocycles. The van der Waals surface area contributed by atoms with Gasteiger partial charge in [0.25, 0.3) is 0 Å². The summed E-state index contributed by atoms with van der Waals surface area (Å²) in [7, 11) is 2.26. The van der Waals surface area contributed by atoms with Crippen molar-refractivity contribution in [2.24, 2.45) is 11.7 Å². The third-order valence-corrected chi connectivity index (χ3v) is 5.66. The number of nitrogens with zero attached hydrogens (tertiary/aromatic N) is 1. The van der Waals surface area contributed by atoms with Gasteiger partial charge in [-0.25, -0.2) is 0 Å². The topological polar surface area (TPSA) is 29.3 Å². The van der Waals surface area contributed by atoms with Gasteiger partial charge in [0, 0.05) is 23.5 Å². The van der Waals surface area contributed by atoms with Crippen LogP contribution in [0.15, 0.2) is 17.5 Å². The van der Waals surface area contributed by atoms with Crippen LogP contribution in [-0.2, 0) is 6.42 Å². The fraction of sp³-hybridized carbons (Fsp3) is 0.733. The molecule has 2 nitrogen and oxygen atoms in total. The third-order valence-electron chi connectivity index (χ3n) is 4.73. The Morgan fingerprint density at radius 2 is 2.39 bits per heavy atom. The summed E-state index contributed by atoms with van der Waals surface area (Å²) in [6, 6.07) is 4.37. The normalized spacial score (nSPS) is 28.1. The van der Waals surface area contributed by atoms with E-state index in [1.165, 1.54) is 30.6 Å². The van der Waals surface area contributed by atoms with Crippen LogP contribution >= 0.6 is 11.3 Å². The molecule has 0 aliphatic heterocycles. The van der Waals surface area contributed by atoms with Crippen molar-refractivity contribution in [1.82, 2.24) is 4.90 Å². The largest absolute Gasteiger partial charge is 0.329 e. The molecular weight excluding hydrogens is 240 g/mol. The molecule has 1 heterocycles. The van der Waals surface area contributed by atoms with E-state index in [1.807, 2.05) is 11.3 Å². The van der Waals surface area contributed by atoms with Crippen molar-refractivity contribution in [3.63, 3.8) is 0 Å². The lowest BCUT2D eigenvalue weighted by atomic mass is 9.93. The van der Waals surface area contributed by atoms with Crippen LogP contribution < -0.4 is 5.73 Å². The molecule has 1 fully saturated rings. The van der Waals surface area contributed by atoms with Crippen LogP contribution in [0.4, 0.5) is 0 Å². The second-order valence-electron chi connectivity index (χ2n) is 5.70. The minimum absolute atomic E-state index is 0.276. The maximum Gasteiger partial charge on any atom is 0.0331 e. The molecule has 18 heavy (non-hydrogen) atoms. The highest BCUT2D eigenvalue weighted by Gasteiger charge is 2.40. The van der Waals surface area contributed by atoms with Crippen LogP contribution in [0, 0.1) is 5.92 Å². The van der Waals surface area contributed by atoms with Gasteiger partial charge in [-0.3, -0.25) is 4.90 Å². The summed E-state index contributed by atoms with van der Waals surface area (Å²) in [6.45, 7) is 4.25. The van der Waals surface area contributed by atoms with Gasteiger partial charge in [0.15, 0.2) is 0 Å². The van der Waals surface area contributed by atoms with Crippen LogP contribution in [-0.4, -0.2) is 30.6 Å². The molecule has 0 saturated heterocycles. The quantitative estimate of drug-likeness (QED) is 0.857. The lowest BCUT2D eigenvalue weighted by molar-refractivity contribution is 0.128. The SMILES string of the molecule is CCC1CCC(CN)(N(C)CCc2cccs2)C1. The zero-order valence-corrected chi connectivity index (χ0v) is 12.5. The van der Waals surface area contributed by atoms with E-state index in [9.17, 15) is 0 Å². The number of rotatable bonds is 6. The van der Waals surface area contributed by atoms with Crippen LogP contribution in [0.25, 0.3) is 0 Å². The Morgan fingerprint density at radius 3 is 2.94 bits per heavy atom. The van der Waals surface area contributed by atoms with Crippen molar-refractivity contribution in [2.75, 3.05) is 20.1 Å². The Labute approximate surface area is 115 Å². The fourth-order valence-corrected chi connectivity index (χ4v) is 3.92. The maximum atomic E-state index is 6.10.